The van der Waals surface area contributed by atoms with Crippen molar-refractivity contribution in [2.75, 3.05) is 26.0 Å². The minimum absolute atomic E-state index is 0.0277. The van der Waals surface area contributed by atoms with E-state index in [2.05, 4.69) is 15.6 Å². The van der Waals surface area contributed by atoms with E-state index in [1.807, 2.05) is 35.7 Å². The van der Waals surface area contributed by atoms with Gasteiger partial charge in [-0.2, -0.15) is 0 Å². The van der Waals surface area contributed by atoms with Gasteiger partial charge in [-0.1, -0.05) is 36.4 Å². The number of nitrogens with one attached hydrogen (secondary N) is 2. The van der Waals surface area contributed by atoms with Gasteiger partial charge in [-0.05, 0) is 18.2 Å². The average Bonchev–Trinajstić information content (AvgIpc) is 3.26. The molecule has 32 heavy (non-hydrogen) atoms. The number of nitrogens with zero attached hydrogens (tertiary/aromatic N) is 2. The summed E-state index contributed by atoms with van der Waals surface area (Å²) in [5, 5.41) is 7.40. The van der Waals surface area contributed by atoms with Gasteiger partial charge in [0.15, 0.2) is 5.13 Å². The van der Waals surface area contributed by atoms with Crippen molar-refractivity contribution in [1.29, 1.82) is 0 Å². The fourth-order valence-corrected chi connectivity index (χ4v) is 4.42. The molecule has 0 bridgehead atoms. The predicted octanol–water partition coefficient (Wildman–Crippen LogP) is 1.76. The van der Waals surface area contributed by atoms with Crippen LogP contribution in [-0.2, 0) is 14.8 Å². The molecular weight excluding hydrogens is 450 g/mol. The van der Waals surface area contributed by atoms with Gasteiger partial charge in [-0.3, -0.25) is 9.59 Å². The van der Waals surface area contributed by atoms with Crippen LogP contribution in [0.15, 0.2) is 64.9 Å². The Hall–Kier alpha value is -3.12. The number of sulfonamides is 1. The summed E-state index contributed by atoms with van der Waals surface area (Å²) >= 11 is 1.26. The molecule has 0 fully saturated rings. The molecule has 9 nitrogen and oxygen atoms in total. The Labute approximate surface area is 190 Å². The van der Waals surface area contributed by atoms with Crippen LogP contribution in [0.25, 0.3) is 11.3 Å². The lowest BCUT2D eigenvalue weighted by molar-refractivity contribution is -0.117. The Balaban J connectivity index is 1.69. The van der Waals surface area contributed by atoms with Gasteiger partial charge < -0.3 is 16.4 Å². The minimum Gasteiger partial charge on any atom is -0.339 e. The van der Waals surface area contributed by atoms with E-state index < -0.39 is 27.9 Å². The molecule has 1 atom stereocenters. The molecule has 0 aliphatic rings. The molecule has 4 N–H and O–H groups in total. The van der Waals surface area contributed by atoms with Crippen molar-refractivity contribution in [2.45, 2.75) is 10.9 Å². The molecule has 2 aromatic carbocycles. The molecule has 2 amide bonds. The van der Waals surface area contributed by atoms with Crippen LogP contribution in [-0.4, -0.2) is 56.2 Å². The minimum atomic E-state index is -3.70. The summed E-state index contributed by atoms with van der Waals surface area (Å²) in [4.78, 5) is 29.6. The second-order valence-corrected chi connectivity index (χ2v) is 9.98. The number of nitrogens with two attached hydrogens (primary N) is 1. The van der Waals surface area contributed by atoms with Gasteiger partial charge in [0, 0.05) is 37.1 Å². The summed E-state index contributed by atoms with van der Waals surface area (Å²) in [5.74, 6) is -1.14. The summed E-state index contributed by atoms with van der Waals surface area (Å²) in [6.45, 7) is -0.149. The first-order valence-corrected chi connectivity index (χ1v) is 11.9. The number of hydrogen-bond acceptors (Lipinski definition) is 7. The molecule has 0 saturated heterocycles. The summed E-state index contributed by atoms with van der Waals surface area (Å²) in [6.07, 6.45) is 0. The zero-order valence-electron chi connectivity index (χ0n) is 17.5. The Morgan fingerprint density at radius 3 is 2.50 bits per heavy atom. The summed E-state index contributed by atoms with van der Waals surface area (Å²) in [7, 11) is -0.899. The lowest BCUT2D eigenvalue weighted by Gasteiger charge is -2.16. The van der Waals surface area contributed by atoms with E-state index in [0.29, 0.717) is 5.13 Å². The largest absolute Gasteiger partial charge is 0.339 e. The molecule has 3 aromatic rings. The zero-order chi connectivity index (χ0) is 23.3. The van der Waals surface area contributed by atoms with Gasteiger partial charge in [0.25, 0.3) is 5.91 Å². The van der Waals surface area contributed by atoms with Crippen molar-refractivity contribution in [3.8, 4) is 11.3 Å². The fourth-order valence-electron chi connectivity index (χ4n) is 2.75. The Morgan fingerprint density at radius 2 is 1.84 bits per heavy atom. The molecule has 3 rings (SSSR count). The highest BCUT2D eigenvalue weighted by molar-refractivity contribution is 7.89. The predicted molar refractivity (Wildman–Crippen MR) is 124 cm³/mol. The van der Waals surface area contributed by atoms with Crippen LogP contribution in [0.1, 0.15) is 10.4 Å². The molecule has 0 spiro atoms. The van der Waals surface area contributed by atoms with Crippen LogP contribution in [0.2, 0.25) is 0 Å². The Kier molecular flexibility index (Phi) is 7.36. The number of hydrogen-bond donors (Lipinski definition) is 3. The van der Waals surface area contributed by atoms with Crippen LogP contribution in [0.4, 0.5) is 5.13 Å². The zero-order valence-corrected chi connectivity index (χ0v) is 19.1. The quantitative estimate of drug-likeness (QED) is 0.456. The van der Waals surface area contributed by atoms with Crippen molar-refractivity contribution in [2.24, 2.45) is 5.73 Å². The third-order valence-electron chi connectivity index (χ3n) is 4.54. The topological polar surface area (TPSA) is 134 Å². The van der Waals surface area contributed by atoms with E-state index in [4.69, 9.17) is 5.73 Å². The van der Waals surface area contributed by atoms with E-state index in [-0.39, 0.29) is 17.0 Å². The van der Waals surface area contributed by atoms with Gasteiger partial charge in [-0.15, -0.1) is 11.3 Å². The van der Waals surface area contributed by atoms with Crippen LogP contribution in [0.3, 0.4) is 0 Å². The lowest BCUT2D eigenvalue weighted by Crippen LogP contribution is -2.48. The highest BCUT2D eigenvalue weighted by Gasteiger charge is 2.23. The average molecular weight is 474 g/mol. The maximum Gasteiger partial charge on any atom is 0.252 e. The van der Waals surface area contributed by atoms with Crippen molar-refractivity contribution >= 4 is 38.3 Å². The third-order valence-corrected chi connectivity index (χ3v) is 7.10. The molecule has 0 aliphatic heterocycles. The lowest BCUT2D eigenvalue weighted by atomic mass is 10.2. The van der Waals surface area contributed by atoms with Gasteiger partial charge in [0.2, 0.25) is 15.9 Å². The highest BCUT2D eigenvalue weighted by atomic mass is 32.2. The van der Waals surface area contributed by atoms with Crippen molar-refractivity contribution in [1.82, 2.24) is 14.6 Å². The number of amides is 2. The van der Waals surface area contributed by atoms with Crippen molar-refractivity contribution < 1.29 is 18.0 Å². The fraction of sp³-hybridized carbons (Fsp3) is 0.190. The van der Waals surface area contributed by atoms with E-state index in [1.54, 1.807) is 0 Å². The van der Waals surface area contributed by atoms with E-state index in [9.17, 15) is 18.0 Å². The van der Waals surface area contributed by atoms with Crippen LogP contribution in [0, 0.1) is 0 Å². The third kappa shape index (κ3) is 5.37. The number of aromatic nitrogens is 1. The second-order valence-electron chi connectivity index (χ2n) is 6.97. The number of thiazole rings is 1. The van der Waals surface area contributed by atoms with Gasteiger partial charge in [-0.25, -0.2) is 17.7 Å². The van der Waals surface area contributed by atoms with Crippen LogP contribution >= 0.6 is 11.3 Å². The molecule has 1 aromatic heterocycles. The van der Waals surface area contributed by atoms with E-state index in [1.165, 1.54) is 49.7 Å². The highest BCUT2D eigenvalue weighted by Crippen LogP contribution is 2.24. The number of benzene rings is 2. The molecule has 11 heteroatoms. The maximum atomic E-state index is 12.6. The van der Waals surface area contributed by atoms with Crippen LogP contribution < -0.4 is 16.4 Å². The molecule has 1 unspecified atom stereocenters. The molecule has 0 aliphatic carbocycles. The van der Waals surface area contributed by atoms with Gasteiger partial charge in [0.05, 0.1) is 10.6 Å². The first-order valence-electron chi connectivity index (χ1n) is 9.57. The second kappa shape index (κ2) is 10.0. The molecular formula is C21H23N5O4S2. The SMILES string of the molecule is CN(C)S(=O)(=O)c1cccc(C(=O)NC(CN)C(=O)Nc2nc(-c3ccccc3)cs2)c1. The first-order chi connectivity index (χ1) is 15.2. The monoisotopic (exact) mass is 473 g/mol. The smallest absolute Gasteiger partial charge is 0.252 e. The van der Waals surface area contributed by atoms with E-state index in [0.717, 1.165) is 15.6 Å². The van der Waals surface area contributed by atoms with Crippen molar-refractivity contribution in [3.63, 3.8) is 0 Å². The Morgan fingerprint density at radius 1 is 1.12 bits per heavy atom. The number of carbonyl (C=O) groups is 2. The summed E-state index contributed by atoms with van der Waals surface area (Å²) in [6, 6.07) is 14.1. The molecule has 168 valence electrons. The van der Waals surface area contributed by atoms with Gasteiger partial charge >= 0.3 is 0 Å². The number of rotatable bonds is 8. The summed E-state index contributed by atoms with van der Waals surface area (Å²) in [5.41, 5.74) is 7.43. The van der Waals surface area contributed by atoms with Crippen molar-refractivity contribution in [3.05, 3.63) is 65.5 Å². The normalized spacial score (nSPS) is 12.4. The van der Waals surface area contributed by atoms with E-state index >= 15 is 0 Å². The first kappa shape index (κ1) is 23.5. The molecule has 1 heterocycles. The summed E-state index contributed by atoms with van der Waals surface area (Å²) < 4.78 is 25.7. The molecule has 0 radical (unpaired) electrons. The molecule has 0 saturated carbocycles. The Bertz CT molecular complexity index is 1210. The standard InChI is InChI=1S/C21H23N5O4S2/c1-26(2)32(29,30)16-10-6-9-15(11-16)19(27)23-17(12-22)20(28)25-21-24-18(13-31-21)14-7-4-3-5-8-14/h3-11,13,17H,12,22H2,1-2H3,(H,23,27)(H,24,25,28). The number of anilines is 1. The van der Waals surface area contributed by atoms with Crippen LogP contribution in [0.5, 0.6) is 0 Å². The maximum absolute atomic E-state index is 12.6. The van der Waals surface area contributed by atoms with Gasteiger partial charge in [0.1, 0.15) is 6.04 Å². The number of carbonyl (C=O) groups excluding carboxylic acids is 2.